The molecule has 0 aliphatic heterocycles. The lowest BCUT2D eigenvalue weighted by molar-refractivity contribution is 0.0988. The molecule has 0 spiro atoms. The van der Waals surface area contributed by atoms with Crippen LogP contribution in [0.3, 0.4) is 0 Å². The number of hydrogen-bond donors (Lipinski definition) is 1. The number of nitrogens with zero attached hydrogens (tertiary/aromatic N) is 2. The molecule has 1 amide bonds. The summed E-state index contributed by atoms with van der Waals surface area (Å²) in [5.41, 5.74) is -0.172. The number of thiazole rings is 1. The van der Waals surface area contributed by atoms with E-state index in [1.807, 2.05) is 6.92 Å². The highest BCUT2D eigenvalue weighted by molar-refractivity contribution is 7.89. The van der Waals surface area contributed by atoms with Crippen molar-refractivity contribution in [3.8, 4) is 0 Å². The lowest BCUT2D eigenvalue weighted by atomic mass is 10.2. The Morgan fingerprint density at radius 2 is 1.93 bits per heavy atom. The molecule has 1 aromatic heterocycles. The van der Waals surface area contributed by atoms with Crippen molar-refractivity contribution in [2.75, 3.05) is 13.2 Å². The van der Waals surface area contributed by atoms with Crippen LogP contribution in [0.4, 0.5) is 8.78 Å². The van der Waals surface area contributed by atoms with Gasteiger partial charge in [0.2, 0.25) is 10.0 Å². The fourth-order valence-corrected chi connectivity index (χ4v) is 4.39. The number of amides is 1. The van der Waals surface area contributed by atoms with Gasteiger partial charge in [0.25, 0.3) is 5.91 Å². The predicted octanol–water partition coefficient (Wildman–Crippen LogP) is 2.41. The highest BCUT2D eigenvalue weighted by atomic mass is 32.2. The van der Waals surface area contributed by atoms with Crippen molar-refractivity contribution < 1.29 is 26.7 Å². The molecule has 2 aromatic carbocycles. The standard InChI is InChI=1S/C18H17F2N3O4S2/c1-2-27-9-8-23-14-7-6-11(29(21,25)26)10-15(14)28-18(23)22-17(24)16-12(19)4-3-5-13(16)20/h3-7,10H,2,8-9H2,1H3,(H2,21,25,26). The van der Waals surface area contributed by atoms with E-state index in [4.69, 9.17) is 9.88 Å². The van der Waals surface area contributed by atoms with Crippen LogP contribution >= 0.6 is 11.3 Å². The van der Waals surface area contributed by atoms with Gasteiger partial charge in [-0.25, -0.2) is 22.3 Å². The highest BCUT2D eigenvalue weighted by Gasteiger charge is 2.18. The second-order valence-corrected chi connectivity index (χ2v) is 8.49. The van der Waals surface area contributed by atoms with Crippen LogP contribution in [0.1, 0.15) is 17.3 Å². The van der Waals surface area contributed by atoms with E-state index in [2.05, 4.69) is 4.99 Å². The minimum Gasteiger partial charge on any atom is -0.380 e. The molecule has 0 saturated carbocycles. The molecule has 3 aromatic rings. The zero-order chi connectivity index (χ0) is 21.2. The lowest BCUT2D eigenvalue weighted by Crippen LogP contribution is -2.20. The number of aromatic nitrogens is 1. The van der Waals surface area contributed by atoms with Crippen LogP contribution in [-0.2, 0) is 21.3 Å². The molecular formula is C18H17F2N3O4S2. The van der Waals surface area contributed by atoms with Crippen molar-refractivity contribution in [1.29, 1.82) is 0 Å². The first-order valence-electron chi connectivity index (χ1n) is 8.49. The number of carbonyl (C=O) groups excluding carboxylic acids is 1. The number of ether oxygens (including phenoxy) is 1. The maximum atomic E-state index is 13.9. The Morgan fingerprint density at radius 1 is 1.24 bits per heavy atom. The van der Waals surface area contributed by atoms with Crippen LogP contribution in [0.2, 0.25) is 0 Å². The third-order valence-electron chi connectivity index (χ3n) is 4.02. The first kappa shape index (κ1) is 21.2. The van der Waals surface area contributed by atoms with Crippen molar-refractivity contribution in [2.24, 2.45) is 10.1 Å². The summed E-state index contributed by atoms with van der Waals surface area (Å²) in [5, 5.41) is 5.17. The molecule has 11 heteroatoms. The first-order valence-corrected chi connectivity index (χ1v) is 10.9. The van der Waals surface area contributed by atoms with Gasteiger partial charge in [-0.2, -0.15) is 4.99 Å². The number of sulfonamides is 1. The Morgan fingerprint density at radius 3 is 2.55 bits per heavy atom. The van der Waals surface area contributed by atoms with Gasteiger partial charge in [0.15, 0.2) is 4.80 Å². The molecule has 0 unspecified atom stereocenters. The van der Waals surface area contributed by atoms with E-state index in [-0.39, 0.29) is 9.70 Å². The number of primary sulfonamides is 1. The molecule has 154 valence electrons. The van der Waals surface area contributed by atoms with E-state index in [1.165, 1.54) is 18.2 Å². The number of fused-ring (bicyclic) bond motifs is 1. The van der Waals surface area contributed by atoms with E-state index in [1.54, 1.807) is 4.57 Å². The van der Waals surface area contributed by atoms with Gasteiger partial charge in [-0.1, -0.05) is 17.4 Å². The molecule has 0 fully saturated rings. The van der Waals surface area contributed by atoms with Gasteiger partial charge in [-0.15, -0.1) is 0 Å². The average molecular weight is 441 g/mol. The molecule has 2 N–H and O–H groups in total. The minimum atomic E-state index is -3.92. The molecule has 0 bridgehead atoms. The average Bonchev–Trinajstić information content (AvgIpc) is 2.97. The van der Waals surface area contributed by atoms with Crippen LogP contribution in [0, 0.1) is 11.6 Å². The van der Waals surface area contributed by atoms with E-state index in [0.29, 0.717) is 30.0 Å². The lowest BCUT2D eigenvalue weighted by Gasteiger charge is -2.06. The summed E-state index contributed by atoms with van der Waals surface area (Å²) >= 11 is 1.00. The highest BCUT2D eigenvalue weighted by Crippen LogP contribution is 2.22. The quantitative estimate of drug-likeness (QED) is 0.593. The summed E-state index contributed by atoms with van der Waals surface area (Å²) in [5.74, 6) is -3.11. The van der Waals surface area contributed by atoms with Gasteiger partial charge in [0.05, 0.1) is 21.7 Å². The second-order valence-electron chi connectivity index (χ2n) is 5.92. The molecule has 0 radical (unpaired) electrons. The van der Waals surface area contributed by atoms with Crippen molar-refractivity contribution in [3.05, 3.63) is 58.4 Å². The number of benzene rings is 2. The van der Waals surface area contributed by atoms with E-state index < -0.39 is 33.1 Å². The van der Waals surface area contributed by atoms with Gasteiger partial charge >= 0.3 is 0 Å². The van der Waals surface area contributed by atoms with E-state index in [9.17, 15) is 22.0 Å². The zero-order valence-electron chi connectivity index (χ0n) is 15.3. The Hall–Kier alpha value is -2.47. The van der Waals surface area contributed by atoms with Crippen LogP contribution in [-0.4, -0.2) is 32.1 Å². The number of nitrogens with two attached hydrogens (primary N) is 1. The Kier molecular flexibility index (Phi) is 6.22. The Balaban J connectivity index is 2.17. The Bertz CT molecular complexity index is 1230. The smallest absolute Gasteiger partial charge is 0.285 e. The summed E-state index contributed by atoms with van der Waals surface area (Å²) in [6.07, 6.45) is 0. The van der Waals surface area contributed by atoms with Gasteiger partial charge in [-0.3, -0.25) is 4.79 Å². The van der Waals surface area contributed by atoms with Crippen LogP contribution in [0.25, 0.3) is 10.2 Å². The van der Waals surface area contributed by atoms with Crippen molar-refractivity contribution in [3.63, 3.8) is 0 Å². The molecule has 0 aliphatic carbocycles. The Labute approximate surface area is 169 Å². The summed E-state index contributed by atoms with van der Waals surface area (Å²) < 4.78 is 58.5. The van der Waals surface area contributed by atoms with Crippen molar-refractivity contribution in [1.82, 2.24) is 4.57 Å². The first-order chi connectivity index (χ1) is 13.7. The van der Waals surface area contributed by atoms with Crippen molar-refractivity contribution in [2.45, 2.75) is 18.4 Å². The summed E-state index contributed by atoms with van der Waals surface area (Å²) in [6, 6.07) is 7.32. The van der Waals surface area contributed by atoms with E-state index in [0.717, 1.165) is 29.5 Å². The fourth-order valence-electron chi connectivity index (χ4n) is 2.68. The van der Waals surface area contributed by atoms with Gasteiger partial charge < -0.3 is 9.30 Å². The van der Waals surface area contributed by atoms with Crippen molar-refractivity contribution >= 4 is 37.5 Å². The van der Waals surface area contributed by atoms with Gasteiger partial charge in [-0.05, 0) is 37.3 Å². The summed E-state index contributed by atoms with van der Waals surface area (Å²) in [4.78, 5) is 16.4. The third kappa shape index (κ3) is 4.58. The molecule has 0 aliphatic rings. The monoisotopic (exact) mass is 441 g/mol. The minimum absolute atomic E-state index is 0.0961. The number of rotatable bonds is 6. The molecule has 1 heterocycles. The summed E-state index contributed by atoms with van der Waals surface area (Å²) in [7, 11) is -3.92. The summed E-state index contributed by atoms with van der Waals surface area (Å²) in [6.45, 7) is 2.90. The number of hydrogen-bond acceptors (Lipinski definition) is 5. The molecule has 29 heavy (non-hydrogen) atoms. The van der Waals surface area contributed by atoms with Gasteiger partial charge in [0.1, 0.15) is 17.2 Å². The molecular weight excluding hydrogens is 424 g/mol. The van der Waals surface area contributed by atoms with Gasteiger partial charge in [0, 0.05) is 13.2 Å². The SMILES string of the molecule is CCOCCn1c(=NC(=O)c2c(F)cccc2F)sc2cc(S(N)(=O)=O)ccc21. The molecule has 3 rings (SSSR count). The topological polar surface area (TPSA) is 104 Å². The zero-order valence-corrected chi connectivity index (χ0v) is 16.9. The van der Waals surface area contributed by atoms with E-state index >= 15 is 0 Å². The predicted molar refractivity (Wildman–Crippen MR) is 104 cm³/mol. The second kappa shape index (κ2) is 8.49. The maximum absolute atomic E-state index is 13.9. The third-order valence-corrected chi connectivity index (χ3v) is 5.97. The molecule has 7 nitrogen and oxygen atoms in total. The van der Waals surface area contributed by atoms with Crippen LogP contribution in [0.5, 0.6) is 0 Å². The van der Waals surface area contributed by atoms with Crippen LogP contribution < -0.4 is 9.94 Å². The number of halogens is 2. The fraction of sp³-hybridized carbons (Fsp3) is 0.222. The number of carbonyl (C=O) groups is 1. The molecule has 0 saturated heterocycles. The van der Waals surface area contributed by atoms with Crippen LogP contribution in [0.15, 0.2) is 46.3 Å². The normalized spacial score (nSPS) is 12.6. The largest absolute Gasteiger partial charge is 0.380 e. The molecule has 0 atom stereocenters. The maximum Gasteiger partial charge on any atom is 0.285 e.